The monoisotopic (exact) mass is 1500 g/mol. The molecule has 3 heterocycles. The lowest BCUT2D eigenvalue weighted by atomic mass is 9.96. The highest BCUT2D eigenvalue weighted by Crippen LogP contribution is 2.33. The Bertz CT molecular complexity index is 2600. The number of ether oxygens (including phenoxy) is 6. The summed E-state index contributed by atoms with van der Waals surface area (Å²) in [7, 11) is 0. The summed E-state index contributed by atoms with van der Waals surface area (Å²) >= 11 is 0. The van der Waals surface area contributed by atoms with Crippen molar-refractivity contribution >= 4 is 5.91 Å². The average Bonchev–Trinajstić information content (AvgIpc) is 0.781. The van der Waals surface area contributed by atoms with E-state index >= 15 is 0 Å². The van der Waals surface area contributed by atoms with Gasteiger partial charge in [-0.05, 0) is 122 Å². The summed E-state index contributed by atoms with van der Waals surface area (Å²) in [5.74, 6) is -0.333. The Hall–Kier alpha value is -4.85. The van der Waals surface area contributed by atoms with E-state index in [9.17, 15) is 61.0 Å². The molecular weight excluding hydrogens is 1360 g/mol. The second kappa shape index (κ2) is 65.8. The molecule has 3 rings (SSSR count). The lowest BCUT2D eigenvalue weighted by Gasteiger charge is -2.48. The maximum atomic E-state index is 13.5. The molecule has 0 aromatic carbocycles. The van der Waals surface area contributed by atoms with E-state index in [1.165, 1.54) is 103 Å². The van der Waals surface area contributed by atoms with E-state index in [1.807, 2.05) is 6.08 Å². The van der Waals surface area contributed by atoms with Crippen molar-refractivity contribution in [1.82, 2.24) is 5.32 Å². The zero-order chi connectivity index (χ0) is 77.4. The minimum atomic E-state index is -2.00. The van der Waals surface area contributed by atoms with Gasteiger partial charge in [0.15, 0.2) is 18.9 Å². The topological polar surface area (TPSA) is 307 Å². The van der Waals surface area contributed by atoms with Gasteiger partial charge in [0, 0.05) is 6.42 Å². The van der Waals surface area contributed by atoms with Gasteiger partial charge in [0.1, 0.15) is 73.2 Å². The van der Waals surface area contributed by atoms with Crippen LogP contribution in [0.5, 0.6) is 0 Å². The van der Waals surface area contributed by atoms with Gasteiger partial charge in [-0.2, -0.15) is 0 Å². The zero-order valence-corrected chi connectivity index (χ0v) is 65.0. The number of hydrogen-bond acceptors (Lipinski definition) is 18. The fraction of sp³-hybridized carbons (Fsp3) is 0.670. The molecule has 19 nitrogen and oxygen atoms in total. The van der Waals surface area contributed by atoms with Crippen molar-refractivity contribution in [3.8, 4) is 0 Å². The van der Waals surface area contributed by atoms with Crippen molar-refractivity contribution < 1.29 is 89.4 Å². The summed E-state index contributed by atoms with van der Waals surface area (Å²) in [4.78, 5) is 13.5. The summed E-state index contributed by atoms with van der Waals surface area (Å²) < 4.78 is 34.4. The molecule has 3 aliphatic rings. The van der Waals surface area contributed by atoms with Crippen molar-refractivity contribution in [2.45, 2.75) is 349 Å². The van der Waals surface area contributed by atoms with Crippen LogP contribution < -0.4 is 5.32 Å². The molecular formula is C88H143NO18. The molecule has 0 aromatic rings. The summed E-state index contributed by atoms with van der Waals surface area (Å²) in [5, 5.41) is 121. The first-order valence-corrected chi connectivity index (χ1v) is 40.9. The van der Waals surface area contributed by atoms with Crippen LogP contribution in [0.2, 0.25) is 0 Å². The smallest absolute Gasteiger partial charge is 0.220 e. The Morgan fingerprint density at radius 1 is 0.346 bits per heavy atom. The summed E-state index contributed by atoms with van der Waals surface area (Å²) in [6.07, 6.45) is 72.0. The number of aliphatic hydroxyl groups is 11. The Balaban J connectivity index is 1.40. The summed E-state index contributed by atoms with van der Waals surface area (Å²) in [6, 6.07) is -1.03. The minimum absolute atomic E-state index is 0.169. The molecule has 3 aliphatic heterocycles. The molecule has 12 N–H and O–H groups in total. The molecule has 19 heteroatoms. The molecule has 3 fully saturated rings. The van der Waals surface area contributed by atoms with Crippen LogP contribution in [0.4, 0.5) is 0 Å². The fourth-order valence-electron chi connectivity index (χ4n) is 12.5. The highest BCUT2D eigenvalue weighted by Gasteiger charge is 2.54. The van der Waals surface area contributed by atoms with Crippen LogP contribution in [0.15, 0.2) is 170 Å². The molecule has 0 aromatic heterocycles. The van der Waals surface area contributed by atoms with Crippen LogP contribution in [-0.4, -0.2) is 193 Å². The van der Waals surface area contributed by atoms with E-state index in [-0.39, 0.29) is 12.3 Å². The van der Waals surface area contributed by atoms with Crippen LogP contribution in [0, 0.1) is 0 Å². The lowest BCUT2D eigenvalue weighted by Crippen LogP contribution is -2.66. The number of rotatable bonds is 62. The molecule has 0 bridgehead atoms. The second-order valence-electron chi connectivity index (χ2n) is 28.1. The lowest BCUT2D eigenvalue weighted by molar-refractivity contribution is -0.379. The van der Waals surface area contributed by atoms with Gasteiger partial charge in [-0.1, -0.05) is 287 Å². The molecule has 107 heavy (non-hydrogen) atoms. The highest BCUT2D eigenvalue weighted by atomic mass is 16.8. The quantitative estimate of drug-likeness (QED) is 0.0199. The van der Waals surface area contributed by atoms with E-state index in [1.54, 1.807) is 6.08 Å². The molecule has 0 spiro atoms. The normalized spacial score (nSPS) is 26.5. The predicted molar refractivity (Wildman–Crippen MR) is 428 cm³/mol. The fourth-order valence-corrected chi connectivity index (χ4v) is 12.5. The minimum Gasteiger partial charge on any atom is -0.394 e. The Kier molecular flexibility index (Phi) is 59.3. The Morgan fingerprint density at radius 2 is 0.654 bits per heavy atom. The summed E-state index contributed by atoms with van der Waals surface area (Å²) in [6.45, 7) is 1.57. The van der Waals surface area contributed by atoms with Crippen LogP contribution in [0.1, 0.15) is 245 Å². The third-order valence-electron chi connectivity index (χ3n) is 19.0. The van der Waals surface area contributed by atoms with Crippen LogP contribution >= 0.6 is 0 Å². The van der Waals surface area contributed by atoms with Gasteiger partial charge in [0.25, 0.3) is 0 Å². The molecule has 0 aliphatic carbocycles. The average molecular weight is 1500 g/mol. The number of hydrogen-bond donors (Lipinski definition) is 12. The van der Waals surface area contributed by atoms with Gasteiger partial charge in [0.2, 0.25) is 5.91 Å². The van der Waals surface area contributed by atoms with E-state index in [4.69, 9.17) is 28.4 Å². The van der Waals surface area contributed by atoms with E-state index in [0.29, 0.717) is 12.8 Å². The number of aliphatic hydroxyl groups excluding tert-OH is 11. The standard InChI is InChI=1S/C88H143NO18/c1-3-5-7-9-11-13-15-17-19-21-23-25-27-28-29-30-31-32-33-34-35-36-37-38-39-40-41-42-44-46-48-50-52-54-56-58-60-62-64-66-76(94)89-71(72(93)65-63-61-59-57-55-53-51-49-47-45-43-26-24-22-20-18-16-14-12-10-8-6-4-2)70-102-86-82(100)79(97)84(74(68-91)104-86)107-88-83(101)80(98)85(75(69-92)105-88)106-87-81(99)78(96)77(95)73(67-90)103-87/h5,7,11,13,17,19,23,25,28-29,31-32,34-35,37-38,40-41,44,46,50,52,55-58,63,65,71-75,77-88,90-93,95-101H,3-4,6,8-10,12,14-16,18,20-22,24,26-27,30,33,36,39,42-43,45,47-49,51,53-54,59-62,64,66-70H2,1-2H3,(H,89,94)/b7-5-,13-11-,19-17-,25-23-,29-28-,32-31-,35-34-,38-37-,41-40-,46-44-,52-50-,57-55+,58-56-,65-63+. The Morgan fingerprint density at radius 3 is 1.05 bits per heavy atom. The van der Waals surface area contributed by atoms with Gasteiger partial charge in [-0.25, -0.2) is 0 Å². The molecule has 17 atom stereocenters. The van der Waals surface area contributed by atoms with Crippen molar-refractivity contribution in [3.05, 3.63) is 170 Å². The largest absolute Gasteiger partial charge is 0.394 e. The number of carbonyl (C=O) groups is 1. The van der Waals surface area contributed by atoms with E-state index in [0.717, 1.165) is 109 Å². The van der Waals surface area contributed by atoms with Crippen LogP contribution in [-0.2, 0) is 33.2 Å². The van der Waals surface area contributed by atoms with Crippen molar-refractivity contribution in [3.63, 3.8) is 0 Å². The maximum Gasteiger partial charge on any atom is 0.220 e. The number of nitrogens with one attached hydrogen (secondary N) is 1. The molecule has 3 saturated heterocycles. The third-order valence-corrected chi connectivity index (χ3v) is 19.0. The van der Waals surface area contributed by atoms with Gasteiger partial charge in [-0.3, -0.25) is 4.79 Å². The first kappa shape index (κ1) is 96.3. The highest BCUT2D eigenvalue weighted by molar-refractivity contribution is 5.76. The number of amides is 1. The number of carbonyl (C=O) groups excluding carboxylic acids is 1. The van der Waals surface area contributed by atoms with Crippen LogP contribution in [0.25, 0.3) is 0 Å². The van der Waals surface area contributed by atoms with Gasteiger partial charge in [0.05, 0.1) is 38.6 Å². The maximum absolute atomic E-state index is 13.5. The molecule has 1 amide bonds. The van der Waals surface area contributed by atoms with Gasteiger partial charge >= 0.3 is 0 Å². The molecule has 0 radical (unpaired) electrons. The van der Waals surface area contributed by atoms with E-state index in [2.05, 4.69) is 177 Å². The first-order valence-electron chi connectivity index (χ1n) is 40.9. The number of allylic oxidation sites excluding steroid dienone is 27. The van der Waals surface area contributed by atoms with E-state index < -0.39 is 131 Å². The van der Waals surface area contributed by atoms with Gasteiger partial charge < -0.3 is 89.9 Å². The SMILES string of the molecule is CC/C=C\C/C=C\C/C=C\C/C=C\C/C=C\C/C=C\C/C=C\C/C=C\C/C=C\C/C=C\C/C=C\C/C=C\CCCCC(=O)NC(COC1OC(CO)C(OC2OC(CO)C(OC3OC(CO)C(O)C(O)C3O)C(O)C2O)C(O)C1O)C(O)/C=C/CC/C=C/CCCCCCCCCCCCCCCCCCC. The van der Waals surface area contributed by atoms with Crippen molar-refractivity contribution in [1.29, 1.82) is 0 Å². The molecule has 0 saturated carbocycles. The van der Waals surface area contributed by atoms with Crippen LogP contribution in [0.3, 0.4) is 0 Å². The second-order valence-corrected chi connectivity index (χ2v) is 28.1. The predicted octanol–water partition coefficient (Wildman–Crippen LogP) is 14.2. The third kappa shape index (κ3) is 45.3. The molecule has 608 valence electrons. The Labute approximate surface area is 643 Å². The molecule has 17 unspecified atom stereocenters. The zero-order valence-electron chi connectivity index (χ0n) is 65.0. The number of unbranched alkanes of at least 4 members (excludes halogenated alkanes) is 20. The van der Waals surface area contributed by atoms with Crippen molar-refractivity contribution in [2.75, 3.05) is 26.4 Å². The first-order chi connectivity index (χ1) is 52.3. The van der Waals surface area contributed by atoms with Crippen molar-refractivity contribution in [2.24, 2.45) is 0 Å². The van der Waals surface area contributed by atoms with Gasteiger partial charge in [-0.15, -0.1) is 0 Å². The summed E-state index contributed by atoms with van der Waals surface area (Å²) in [5.41, 5.74) is 0.